The number of ether oxygens (including phenoxy) is 1. The third-order valence-electron chi connectivity index (χ3n) is 4.87. The highest BCUT2D eigenvalue weighted by Crippen LogP contribution is 2.31. The molecule has 8 heteroatoms. The first kappa shape index (κ1) is 27.6. The van der Waals surface area contributed by atoms with Crippen molar-refractivity contribution >= 4 is 29.8 Å². The number of allylic oxidation sites excluding steroid dienone is 2. The molecule has 1 aliphatic rings. The number of nitrogens with zero attached hydrogens (tertiary/aromatic N) is 2. The van der Waals surface area contributed by atoms with Crippen LogP contribution in [0.25, 0.3) is 6.08 Å². The summed E-state index contributed by atoms with van der Waals surface area (Å²) < 4.78 is 4.68. The van der Waals surface area contributed by atoms with Crippen LogP contribution in [0.1, 0.15) is 65.0 Å². The molecule has 2 amide bonds. The zero-order chi connectivity index (χ0) is 24.1. The maximum Gasteiger partial charge on any atom is 0.407 e. The van der Waals surface area contributed by atoms with Crippen LogP contribution in [0.4, 0.5) is 4.79 Å². The molecule has 7 nitrogen and oxygen atoms in total. The van der Waals surface area contributed by atoms with E-state index < -0.39 is 12.1 Å². The summed E-state index contributed by atoms with van der Waals surface area (Å²) in [6.07, 6.45) is 10.9. The van der Waals surface area contributed by atoms with Gasteiger partial charge in [0.25, 0.3) is 0 Å². The molecule has 2 rings (SSSR count). The molecule has 1 saturated heterocycles. The zero-order valence-corrected chi connectivity index (χ0v) is 21.0. The molecule has 178 valence electrons. The Labute approximate surface area is 196 Å². The number of carbonyl (C=O) groups is 2. The molecule has 1 aliphatic heterocycles. The van der Waals surface area contributed by atoms with Crippen LogP contribution < -0.4 is 5.32 Å². The number of aromatic amines is 1. The van der Waals surface area contributed by atoms with E-state index in [0.29, 0.717) is 6.54 Å². The molecule has 2 unspecified atom stereocenters. The van der Waals surface area contributed by atoms with E-state index in [-0.39, 0.29) is 17.9 Å². The standard InChI is InChI=1S/C22H32N4O3S.C2H6/c1-6-9-16(4)30-13-8-10-17-14-23-20(24-17)18-11-7-12-26(18)21(27)19(15(2)3)25-22(28)29-5;1-2/h6,8-10,14-15,18-19H,4,7,11-13H2,1-3,5H3,(H,23,24)(H,25,28);1-2H3/b9-6-,10-8+;. The third kappa shape index (κ3) is 8.22. The normalized spacial score (nSPS) is 16.8. The Kier molecular flexibility index (Phi) is 12.5. The Morgan fingerprint density at radius 2 is 2.16 bits per heavy atom. The second-order valence-electron chi connectivity index (χ2n) is 7.45. The summed E-state index contributed by atoms with van der Waals surface area (Å²) in [5.74, 6) is 1.43. The van der Waals surface area contributed by atoms with Crippen LogP contribution in [0.15, 0.2) is 35.9 Å². The van der Waals surface area contributed by atoms with Gasteiger partial charge in [-0.25, -0.2) is 9.78 Å². The summed E-state index contributed by atoms with van der Waals surface area (Å²) in [6, 6.07) is -0.751. The Balaban J connectivity index is 0.00000249. The fraction of sp³-hybridized carbons (Fsp3) is 0.542. The minimum absolute atomic E-state index is 0.0530. The number of imidazole rings is 1. The van der Waals surface area contributed by atoms with Crippen LogP contribution in [-0.2, 0) is 9.53 Å². The number of aromatic nitrogens is 2. The molecular weight excluding hydrogens is 424 g/mol. The quantitative estimate of drug-likeness (QED) is 0.485. The number of thioether (sulfide) groups is 1. The summed E-state index contributed by atoms with van der Waals surface area (Å²) in [7, 11) is 1.29. The summed E-state index contributed by atoms with van der Waals surface area (Å²) in [6.45, 7) is 14.4. The minimum atomic E-state index is -0.630. The van der Waals surface area contributed by atoms with Crippen molar-refractivity contribution in [3.8, 4) is 0 Å². The van der Waals surface area contributed by atoms with Gasteiger partial charge in [-0.3, -0.25) is 4.79 Å². The van der Waals surface area contributed by atoms with Crippen LogP contribution in [-0.4, -0.2) is 52.3 Å². The average Bonchev–Trinajstić information content (AvgIpc) is 3.45. The van der Waals surface area contributed by atoms with Gasteiger partial charge in [0.15, 0.2) is 0 Å². The van der Waals surface area contributed by atoms with E-state index in [1.165, 1.54) is 7.11 Å². The van der Waals surface area contributed by atoms with E-state index in [9.17, 15) is 9.59 Å². The Hall–Kier alpha value is -2.48. The SMILES string of the molecule is C=C(/C=C\C)SC/C=C/c1cnc(C2CCCN2C(=O)C(NC(=O)OC)C(C)C)[nH]1.CC. The maximum absolute atomic E-state index is 13.1. The Morgan fingerprint density at radius 3 is 2.78 bits per heavy atom. The predicted molar refractivity (Wildman–Crippen MR) is 133 cm³/mol. The first-order valence-corrected chi connectivity index (χ1v) is 12.2. The van der Waals surface area contributed by atoms with Crippen LogP contribution in [0, 0.1) is 5.92 Å². The van der Waals surface area contributed by atoms with E-state index >= 15 is 0 Å². The number of likely N-dealkylation sites (tertiary alicyclic amines) is 1. The smallest absolute Gasteiger partial charge is 0.407 e. The number of amides is 2. The van der Waals surface area contributed by atoms with Gasteiger partial charge in [0, 0.05) is 12.3 Å². The maximum atomic E-state index is 13.1. The lowest BCUT2D eigenvalue weighted by Crippen LogP contribution is -2.51. The average molecular weight is 463 g/mol. The molecule has 0 spiro atoms. The van der Waals surface area contributed by atoms with Gasteiger partial charge in [-0.2, -0.15) is 0 Å². The van der Waals surface area contributed by atoms with E-state index in [0.717, 1.165) is 35.0 Å². The predicted octanol–water partition coefficient (Wildman–Crippen LogP) is 5.32. The first-order chi connectivity index (χ1) is 15.4. The van der Waals surface area contributed by atoms with Crippen molar-refractivity contribution in [1.82, 2.24) is 20.2 Å². The number of hydrogen-bond donors (Lipinski definition) is 2. The number of rotatable bonds is 9. The highest BCUT2D eigenvalue weighted by molar-refractivity contribution is 8.03. The van der Waals surface area contributed by atoms with Crippen molar-refractivity contribution in [2.24, 2.45) is 5.92 Å². The number of H-pyrrole nitrogens is 1. The fourth-order valence-corrected chi connectivity index (χ4v) is 4.00. The number of methoxy groups -OCH3 is 1. The van der Waals surface area contributed by atoms with Crippen molar-refractivity contribution < 1.29 is 14.3 Å². The van der Waals surface area contributed by atoms with Crippen LogP contribution in [0.3, 0.4) is 0 Å². The van der Waals surface area contributed by atoms with Gasteiger partial charge in [0.2, 0.25) is 5.91 Å². The van der Waals surface area contributed by atoms with Gasteiger partial charge in [0.05, 0.1) is 25.0 Å². The summed E-state index contributed by atoms with van der Waals surface area (Å²) in [5.41, 5.74) is 0.898. The fourth-order valence-electron chi connectivity index (χ4n) is 3.36. The molecular formula is C24H38N4O3S. The van der Waals surface area contributed by atoms with Crippen molar-refractivity contribution in [2.75, 3.05) is 19.4 Å². The van der Waals surface area contributed by atoms with Gasteiger partial charge < -0.3 is 19.9 Å². The third-order valence-corrected chi connectivity index (χ3v) is 5.74. The second kappa shape index (κ2) is 14.6. The number of nitrogens with one attached hydrogen (secondary N) is 2. The topological polar surface area (TPSA) is 87.3 Å². The van der Waals surface area contributed by atoms with Crippen molar-refractivity contribution in [3.63, 3.8) is 0 Å². The molecule has 1 fully saturated rings. The largest absolute Gasteiger partial charge is 0.453 e. The molecule has 1 aromatic heterocycles. The number of alkyl carbamates (subject to hydrolysis) is 1. The Bertz CT molecular complexity index is 801. The lowest BCUT2D eigenvalue weighted by atomic mass is 10.0. The van der Waals surface area contributed by atoms with Crippen molar-refractivity contribution in [2.45, 2.75) is 59.5 Å². The minimum Gasteiger partial charge on any atom is -0.453 e. The van der Waals surface area contributed by atoms with Gasteiger partial charge in [0.1, 0.15) is 11.9 Å². The van der Waals surface area contributed by atoms with Gasteiger partial charge >= 0.3 is 6.09 Å². The zero-order valence-electron chi connectivity index (χ0n) is 20.2. The van der Waals surface area contributed by atoms with Crippen molar-refractivity contribution in [1.29, 1.82) is 0 Å². The molecule has 0 bridgehead atoms. The number of hydrogen-bond acceptors (Lipinski definition) is 5. The molecule has 0 radical (unpaired) electrons. The first-order valence-electron chi connectivity index (χ1n) is 11.2. The monoisotopic (exact) mass is 462 g/mol. The number of carbonyl (C=O) groups excluding carboxylic acids is 2. The lowest BCUT2D eigenvalue weighted by Gasteiger charge is -2.29. The molecule has 1 aromatic rings. The molecule has 2 heterocycles. The second-order valence-corrected chi connectivity index (χ2v) is 8.60. The lowest BCUT2D eigenvalue weighted by molar-refractivity contribution is -0.135. The van der Waals surface area contributed by atoms with Crippen LogP contribution in [0.5, 0.6) is 0 Å². The van der Waals surface area contributed by atoms with E-state index in [1.54, 1.807) is 18.0 Å². The molecule has 32 heavy (non-hydrogen) atoms. The summed E-state index contributed by atoms with van der Waals surface area (Å²) >= 11 is 1.67. The molecule has 0 saturated carbocycles. The van der Waals surface area contributed by atoms with Crippen molar-refractivity contribution in [3.05, 3.63) is 47.4 Å². The van der Waals surface area contributed by atoms with E-state index in [1.807, 2.05) is 57.7 Å². The van der Waals surface area contributed by atoms with E-state index in [4.69, 9.17) is 0 Å². The molecule has 0 aliphatic carbocycles. The van der Waals surface area contributed by atoms with Gasteiger partial charge in [-0.15, -0.1) is 11.8 Å². The highest BCUT2D eigenvalue weighted by Gasteiger charge is 2.37. The molecule has 0 aromatic carbocycles. The van der Waals surface area contributed by atoms with Crippen LogP contribution >= 0.6 is 11.8 Å². The Morgan fingerprint density at radius 1 is 1.44 bits per heavy atom. The summed E-state index contributed by atoms with van der Waals surface area (Å²) in [4.78, 5) is 35.5. The van der Waals surface area contributed by atoms with E-state index in [2.05, 4.69) is 32.7 Å². The van der Waals surface area contributed by atoms with Gasteiger partial charge in [-0.1, -0.05) is 52.5 Å². The highest BCUT2D eigenvalue weighted by atomic mass is 32.2. The summed E-state index contributed by atoms with van der Waals surface area (Å²) in [5, 5.41) is 2.66. The molecule has 2 N–H and O–H groups in total. The molecule has 2 atom stereocenters. The van der Waals surface area contributed by atoms with Gasteiger partial charge in [-0.05, 0) is 36.7 Å². The van der Waals surface area contributed by atoms with Crippen LogP contribution in [0.2, 0.25) is 0 Å².